The number of hydrogen-bond acceptors (Lipinski definition) is 6. The maximum Gasteiger partial charge on any atom is 0.326 e. The zero-order valence-electron chi connectivity index (χ0n) is 27.5. The minimum Gasteiger partial charge on any atom is -0.497 e. The molecule has 1 aromatic carbocycles. The number of carboxylic acid groups (broad SMARTS) is 1. The van der Waals surface area contributed by atoms with Crippen LogP contribution in [-0.2, 0) is 14.4 Å². The van der Waals surface area contributed by atoms with Crippen LogP contribution in [0.2, 0.25) is 0 Å². The lowest BCUT2D eigenvalue weighted by Gasteiger charge is -2.62. The third-order valence-electron chi connectivity index (χ3n) is 12.9. The van der Waals surface area contributed by atoms with Crippen molar-refractivity contribution in [3.8, 4) is 5.75 Å². The van der Waals surface area contributed by atoms with Crippen LogP contribution in [-0.4, -0.2) is 58.5 Å². The van der Waals surface area contributed by atoms with Crippen molar-refractivity contribution in [2.75, 3.05) is 12.4 Å². The number of benzene rings is 1. The first-order chi connectivity index (χ1) is 21.4. The summed E-state index contributed by atoms with van der Waals surface area (Å²) < 4.78 is 5.17. The van der Waals surface area contributed by atoms with Gasteiger partial charge in [-0.25, -0.2) is 4.79 Å². The zero-order valence-corrected chi connectivity index (χ0v) is 27.5. The summed E-state index contributed by atoms with van der Waals surface area (Å²) in [5, 5.41) is 37.0. The standard InChI is InChI=1S/C36H54N2O7/c1-21(8-12-32(42)38-29(34(43)44)11-13-31(41)37-23-6-5-7-25(20-23)45-4)26-9-10-27-33-28(15-17-36(26,27)3)35(2)16-14-24(39)18-22(35)19-30(33)40/h5-7,20-22,24,26-30,33,39-40H,8-19H2,1-4H3,(H,37,41)(H,38,42)(H,43,44)/t21-,22+,24-,26-,27+,28+,29+,30-,33+,35+,36-/m1/s1. The van der Waals surface area contributed by atoms with E-state index in [9.17, 15) is 29.7 Å². The number of carboxylic acids is 1. The molecule has 0 heterocycles. The van der Waals surface area contributed by atoms with Crippen LogP contribution in [0.15, 0.2) is 24.3 Å². The predicted molar refractivity (Wildman–Crippen MR) is 171 cm³/mol. The van der Waals surface area contributed by atoms with Gasteiger partial charge in [0.15, 0.2) is 0 Å². The first kappa shape index (κ1) is 33.7. The number of carbonyl (C=O) groups excluding carboxylic acids is 2. The number of fused-ring (bicyclic) bond motifs is 5. The topological polar surface area (TPSA) is 145 Å². The largest absolute Gasteiger partial charge is 0.497 e. The number of anilines is 1. The van der Waals surface area contributed by atoms with Crippen LogP contribution < -0.4 is 15.4 Å². The number of ether oxygens (including phenoxy) is 1. The third kappa shape index (κ3) is 6.90. The van der Waals surface area contributed by atoms with Gasteiger partial charge >= 0.3 is 5.97 Å². The number of amides is 2. The third-order valence-corrected chi connectivity index (χ3v) is 12.9. The summed E-state index contributed by atoms with van der Waals surface area (Å²) in [6.45, 7) is 7.08. The molecule has 4 fully saturated rings. The Balaban J connectivity index is 1.13. The van der Waals surface area contributed by atoms with E-state index >= 15 is 0 Å². The lowest BCUT2D eigenvalue weighted by Crippen LogP contribution is -2.58. The molecule has 9 nitrogen and oxygen atoms in total. The molecule has 5 rings (SSSR count). The van der Waals surface area contributed by atoms with Gasteiger partial charge in [-0.1, -0.05) is 26.8 Å². The predicted octanol–water partition coefficient (Wildman–Crippen LogP) is 5.39. The summed E-state index contributed by atoms with van der Waals surface area (Å²) >= 11 is 0. The Morgan fingerprint density at radius 3 is 2.40 bits per heavy atom. The maximum absolute atomic E-state index is 12.9. The van der Waals surface area contributed by atoms with Crippen LogP contribution in [0, 0.1) is 46.3 Å². The molecule has 4 aliphatic carbocycles. The van der Waals surface area contributed by atoms with E-state index in [0.29, 0.717) is 53.4 Å². The van der Waals surface area contributed by atoms with Crippen LogP contribution in [0.25, 0.3) is 0 Å². The number of aliphatic hydroxyl groups excluding tert-OH is 2. The molecular weight excluding hydrogens is 572 g/mol. The lowest BCUT2D eigenvalue weighted by molar-refractivity contribution is -0.174. The molecule has 0 spiro atoms. The van der Waals surface area contributed by atoms with Crippen molar-refractivity contribution in [2.45, 2.75) is 116 Å². The summed E-state index contributed by atoms with van der Waals surface area (Å²) in [7, 11) is 1.54. The second-order valence-electron chi connectivity index (χ2n) is 15.2. The van der Waals surface area contributed by atoms with Gasteiger partial charge in [0.25, 0.3) is 0 Å². The van der Waals surface area contributed by atoms with Crippen LogP contribution in [0.1, 0.15) is 97.8 Å². The van der Waals surface area contributed by atoms with E-state index in [1.165, 1.54) is 7.11 Å². The van der Waals surface area contributed by atoms with Crippen molar-refractivity contribution in [1.29, 1.82) is 0 Å². The molecule has 4 saturated carbocycles. The number of hydrogen-bond donors (Lipinski definition) is 5. The van der Waals surface area contributed by atoms with Gasteiger partial charge in [-0.2, -0.15) is 0 Å². The Kier molecular flexibility index (Phi) is 10.2. The summed E-state index contributed by atoms with van der Waals surface area (Å²) in [4.78, 5) is 37.3. The van der Waals surface area contributed by atoms with Crippen molar-refractivity contribution in [3.63, 3.8) is 0 Å². The Morgan fingerprint density at radius 2 is 1.67 bits per heavy atom. The minimum atomic E-state index is -1.15. The van der Waals surface area contributed by atoms with E-state index in [-0.39, 0.29) is 54.1 Å². The SMILES string of the molecule is COc1cccc(NC(=O)CC[C@H](NC(=O)CC[C@@H](C)[C@H]2CC[C@H]3[C@@H]4[C@H](O)C[C@@H]5C[C@H](O)CC[C@]5(C)[C@H]4CC[C@]23C)C(=O)O)c1. The Labute approximate surface area is 267 Å². The Bertz CT molecular complexity index is 1240. The monoisotopic (exact) mass is 626 g/mol. The zero-order chi connectivity index (χ0) is 32.5. The maximum atomic E-state index is 12.9. The number of carbonyl (C=O) groups is 3. The molecule has 0 aromatic heterocycles. The molecule has 11 atom stereocenters. The molecule has 5 N–H and O–H groups in total. The van der Waals surface area contributed by atoms with E-state index in [4.69, 9.17) is 4.74 Å². The van der Waals surface area contributed by atoms with E-state index in [1.807, 2.05) is 0 Å². The molecule has 0 aliphatic heterocycles. The first-order valence-electron chi connectivity index (χ1n) is 17.2. The Morgan fingerprint density at radius 1 is 0.956 bits per heavy atom. The molecule has 0 bridgehead atoms. The van der Waals surface area contributed by atoms with Crippen molar-refractivity contribution < 1.29 is 34.4 Å². The van der Waals surface area contributed by atoms with Crippen LogP contribution in [0.3, 0.4) is 0 Å². The van der Waals surface area contributed by atoms with Gasteiger partial charge in [0.1, 0.15) is 11.8 Å². The van der Waals surface area contributed by atoms with Gasteiger partial charge in [0.05, 0.1) is 19.3 Å². The van der Waals surface area contributed by atoms with Gasteiger partial charge in [0.2, 0.25) is 11.8 Å². The molecule has 0 radical (unpaired) electrons. The Hall–Kier alpha value is -2.65. The van der Waals surface area contributed by atoms with Gasteiger partial charge in [-0.15, -0.1) is 0 Å². The van der Waals surface area contributed by atoms with E-state index in [0.717, 1.165) is 51.4 Å². The van der Waals surface area contributed by atoms with Crippen molar-refractivity contribution in [1.82, 2.24) is 5.32 Å². The van der Waals surface area contributed by atoms with E-state index in [1.54, 1.807) is 24.3 Å². The van der Waals surface area contributed by atoms with Gasteiger partial charge in [0, 0.05) is 24.6 Å². The highest BCUT2D eigenvalue weighted by Crippen LogP contribution is 2.68. The molecule has 4 aliphatic rings. The molecule has 0 unspecified atom stereocenters. The normalized spacial score (nSPS) is 36.9. The van der Waals surface area contributed by atoms with Gasteiger partial charge in [-0.3, -0.25) is 9.59 Å². The molecule has 1 aromatic rings. The molecule has 2 amide bonds. The van der Waals surface area contributed by atoms with Crippen molar-refractivity contribution in [3.05, 3.63) is 24.3 Å². The van der Waals surface area contributed by atoms with Crippen LogP contribution in [0.5, 0.6) is 5.75 Å². The molecule has 250 valence electrons. The smallest absolute Gasteiger partial charge is 0.326 e. The minimum absolute atomic E-state index is 0.00156. The van der Waals surface area contributed by atoms with Gasteiger partial charge in [-0.05, 0) is 123 Å². The molecule has 45 heavy (non-hydrogen) atoms. The number of nitrogens with one attached hydrogen (secondary N) is 2. The highest BCUT2D eigenvalue weighted by molar-refractivity contribution is 5.91. The average molecular weight is 627 g/mol. The van der Waals surface area contributed by atoms with E-state index < -0.39 is 12.0 Å². The van der Waals surface area contributed by atoms with Crippen molar-refractivity contribution in [2.24, 2.45) is 46.3 Å². The molecular formula is C36H54N2O7. The van der Waals surface area contributed by atoms with Crippen molar-refractivity contribution >= 4 is 23.5 Å². The molecule has 9 heteroatoms. The number of methoxy groups -OCH3 is 1. The second kappa shape index (κ2) is 13.6. The summed E-state index contributed by atoms with van der Waals surface area (Å²) in [6, 6.07) is 5.80. The highest BCUT2D eigenvalue weighted by atomic mass is 16.5. The fraction of sp³-hybridized carbons (Fsp3) is 0.750. The fourth-order valence-corrected chi connectivity index (χ4v) is 10.5. The van der Waals surface area contributed by atoms with Gasteiger partial charge < -0.3 is 30.7 Å². The first-order valence-corrected chi connectivity index (χ1v) is 17.2. The fourth-order valence-electron chi connectivity index (χ4n) is 10.5. The number of aliphatic carboxylic acids is 1. The average Bonchev–Trinajstić information content (AvgIpc) is 3.36. The number of rotatable bonds is 11. The summed E-state index contributed by atoms with van der Waals surface area (Å²) in [6.07, 6.45) is 8.34. The summed E-state index contributed by atoms with van der Waals surface area (Å²) in [5.41, 5.74) is 0.878. The quantitative estimate of drug-likeness (QED) is 0.221. The molecule has 0 saturated heterocycles. The number of aliphatic hydroxyl groups is 2. The summed E-state index contributed by atoms with van der Waals surface area (Å²) in [5.74, 6) is 1.25. The van der Waals surface area contributed by atoms with Crippen LogP contribution in [0.4, 0.5) is 5.69 Å². The lowest BCUT2D eigenvalue weighted by atomic mass is 9.43. The highest BCUT2D eigenvalue weighted by Gasteiger charge is 2.62. The second-order valence-corrected chi connectivity index (χ2v) is 15.2. The van der Waals surface area contributed by atoms with E-state index in [2.05, 4.69) is 31.4 Å². The van der Waals surface area contributed by atoms with Crippen LogP contribution >= 0.6 is 0 Å².